The molecule has 1 aliphatic rings. The molecule has 0 aliphatic carbocycles. The number of carbonyl (C=O) groups excluding carboxylic acids is 1. The molecule has 5 rings (SSSR count). The second-order valence-electron chi connectivity index (χ2n) is 9.44. The van der Waals surface area contributed by atoms with Gasteiger partial charge in [-0.2, -0.15) is 0 Å². The number of aromatic nitrogens is 3. The Labute approximate surface area is 247 Å². The van der Waals surface area contributed by atoms with Gasteiger partial charge in [-0.1, -0.05) is 36.5 Å². The summed E-state index contributed by atoms with van der Waals surface area (Å²) in [5.41, 5.74) is 1.03. The van der Waals surface area contributed by atoms with Crippen molar-refractivity contribution in [3.8, 4) is 11.7 Å². The van der Waals surface area contributed by atoms with Gasteiger partial charge in [0.15, 0.2) is 5.82 Å². The van der Waals surface area contributed by atoms with E-state index in [1.54, 1.807) is 36.8 Å². The molecule has 10 nitrogen and oxygen atoms in total. The highest BCUT2D eigenvalue weighted by Crippen LogP contribution is 2.31. The Kier molecular flexibility index (Phi) is 8.98. The minimum absolute atomic E-state index is 0.0351. The van der Waals surface area contributed by atoms with Crippen molar-refractivity contribution in [1.82, 2.24) is 14.5 Å². The van der Waals surface area contributed by atoms with Gasteiger partial charge in [0, 0.05) is 28.0 Å². The maximum atomic E-state index is 13.8. The van der Waals surface area contributed by atoms with Gasteiger partial charge in [0.1, 0.15) is 12.6 Å². The van der Waals surface area contributed by atoms with Crippen molar-refractivity contribution in [3.63, 3.8) is 0 Å². The third-order valence-electron chi connectivity index (χ3n) is 6.46. The molecule has 1 fully saturated rings. The zero-order valence-electron chi connectivity index (χ0n) is 22.2. The lowest BCUT2D eigenvalue weighted by Crippen LogP contribution is -2.36. The summed E-state index contributed by atoms with van der Waals surface area (Å²) in [6.45, 7) is 2.84. The average Bonchev–Trinajstić information content (AvgIpc) is 3.61. The van der Waals surface area contributed by atoms with Gasteiger partial charge in [0.05, 0.1) is 48.3 Å². The summed E-state index contributed by atoms with van der Waals surface area (Å²) in [7, 11) is -4.24. The van der Waals surface area contributed by atoms with Crippen LogP contribution < -0.4 is 9.04 Å². The fourth-order valence-electron chi connectivity index (χ4n) is 4.37. The van der Waals surface area contributed by atoms with Crippen molar-refractivity contribution in [2.45, 2.75) is 37.2 Å². The fourth-order valence-corrected chi connectivity index (χ4v) is 6.50. The van der Waals surface area contributed by atoms with Crippen LogP contribution in [0.2, 0.25) is 10.0 Å². The monoisotopic (exact) mass is 618 g/mol. The number of carbonyl (C=O) groups is 1. The molecule has 0 N–H and O–H groups in total. The molecule has 4 aromatic rings. The second kappa shape index (κ2) is 12.6. The van der Waals surface area contributed by atoms with Crippen LogP contribution in [0.5, 0.6) is 5.88 Å². The first kappa shape index (κ1) is 29.1. The second-order valence-corrected chi connectivity index (χ2v) is 12.2. The Balaban J connectivity index is 1.45. The van der Waals surface area contributed by atoms with Crippen LogP contribution in [0.1, 0.15) is 26.2 Å². The number of fused-ring (bicyclic) bond motifs is 1. The Morgan fingerprint density at radius 3 is 2.61 bits per heavy atom. The number of anilines is 1. The molecule has 0 amide bonds. The Morgan fingerprint density at radius 1 is 1.12 bits per heavy atom. The quantitative estimate of drug-likeness (QED) is 0.161. The van der Waals surface area contributed by atoms with Crippen LogP contribution in [0.4, 0.5) is 5.69 Å². The zero-order valence-corrected chi connectivity index (χ0v) is 24.5. The Bertz CT molecular complexity index is 1620. The first-order valence-electron chi connectivity index (χ1n) is 13.1. The van der Waals surface area contributed by atoms with E-state index in [-0.39, 0.29) is 33.3 Å². The predicted octanol–water partition coefficient (Wildman–Crippen LogP) is 5.43. The van der Waals surface area contributed by atoms with E-state index in [1.807, 2.05) is 17.6 Å². The minimum Gasteiger partial charge on any atom is -0.471 e. The lowest BCUT2D eigenvalue weighted by molar-refractivity contribution is -0.141. The maximum absolute atomic E-state index is 13.8. The van der Waals surface area contributed by atoms with E-state index < -0.39 is 22.5 Å². The number of halogens is 2. The van der Waals surface area contributed by atoms with E-state index in [9.17, 15) is 13.2 Å². The summed E-state index contributed by atoms with van der Waals surface area (Å²) in [5.74, 6) is 0.297. The topological polar surface area (TPSA) is 113 Å². The van der Waals surface area contributed by atoms with Crippen molar-refractivity contribution in [3.05, 3.63) is 71.1 Å². The average molecular weight is 620 g/mol. The number of ether oxygens (including phenoxy) is 3. The highest BCUT2D eigenvalue weighted by atomic mass is 35.5. The van der Waals surface area contributed by atoms with E-state index in [0.717, 1.165) is 28.0 Å². The first-order valence-corrected chi connectivity index (χ1v) is 15.3. The normalized spacial score (nSPS) is 15.2. The van der Waals surface area contributed by atoms with Crippen molar-refractivity contribution >= 4 is 55.8 Å². The van der Waals surface area contributed by atoms with Crippen LogP contribution in [-0.2, 0) is 24.3 Å². The lowest BCUT2D eigenvalue weighted by atomic mass is 10.2. The molecular weight excluding hydrogens is 591 g/mol. The van der Waals surface area contributed by atoms with Gasteiger partial charge < -0.3 is 14.2 Å². The molecule has 0 unspecified atom stereocenters. The molecule has 41 heavy (non-hydrogen) atoms. The van der Waals surface area contributed by atoms with Crippen LogP contribution >= 0.6 is 23.2 Å². The number of benzene rings is 2. The Hall–Kier alpha value is -3.38. The molecule has 1 saturated heterocycles. The smallest absolute Gasteiger partial charge is 0.326 e. The van der Waals surface area contributed by atoms with E-state index in [2.05, 4.69) is 9.97 Å². The molecule has 13 heteroatoms. The number of sulfonamides is 1. The Morgan fingerprint density at radius 2 is 1.93 bits per heavy atom. The van der Waals surface area contributed by atoms with Crippen LogP contribution in [0.25, 0.3) is 16.7 Å². The van der Waals surface area contributed by atoms with E-state index in [4.69, 9.17) is 37.4 Å². The number of hydrogen-bond acceptors (Lipinski definition) is 8. The van der Waals surface area contributed by atoms with E-state index >= 15 is 0 Å². The van der Waals surface area contributed by atoms with Crippen LogP contribution in [0.15, 0.2) is 66.0 Å². The van der Waals surface area contributed by atoms with Gasteiger partial charge in [0.25, 0.3) is 10.0 Å². The third-order valence-corrected chi connectivity index (χ3v) is 8.64. The van der Waals surface area contributed by atoms with Gasteiger partial charge in [-0.05, 0) is 48.9 Å². The van der Waals surface area contributed by atoms with Crippen LogP contribution in [0.3, 0.4) is 0 Å². The molecule has 0 saturated carbocycles. The number of unbranched alkanes of at least 4 members (excludes halogenated alkanes) is 1. The van der Waals surface area contributed by atoms with Crippen molar-refractivity contribution < 1.29 is 27.4 Å². The van der Waals surface area contributed by atoms with Crippen molar-refractivity contribution in [2.75, 3.05) is 30.7 Å². The molecule has 2 aromatic carbocycles. The highest BCUT2D eigenvalue weighted by Gasteiger charge is 2.29. The molecular formula is C28H28Cl2N4O6S. The van der Waals surface area contributed by atoms with Crippen molar-refractivity contribution in [1.29, 1.82) is 0 Å². The summed E-state index contributed by atoms with van der Waals surface area (Å²) >= 11 is 12.2. The largest absolute Gasteiger partial charge is 0.471 e. The predicted molar refractivity (Wildman–Crippen MR) is 156 cm³/mol. The van der Waals surface area contributed by atoms with E-state index in [0.29, 0.717) is 31.3 Å². The highest BCUT2D eigenvalue weighted by molar-refractivity contribution is 7.92. The number of esters is 1. The summed E-state index contributed by atoms with van der Waals surface area (Å²) in [5, 5.41) is 1.03. The van der Waals surface area contributed by atoms with Crippen LogP contribution in [-0.4, -0.2) is 61.4 Å². The summed E-state index contributed by atoms with van der Waals surface area (Å²) in [4.78, 5) is 21.4. The summed E-state index contributed by atoms with van der Waals surface area (Å²) in [6, 6.07) is 10.9. The number of hydrogen-bond donors (Lipinski definition) is 0. The van der Waals surface area contributed by atoms with Gasteiger partial charge >= 0.3 is 5.97 Å². The van der Waals surface area contributed by atoms with Gasteiger partial charge in [-0.15, -0.1) is 0 Å². The molecule has 2 aromatic heterocycles. The first-order chi connectivity index (χ1) is 19.7. The summed E-state index contributed by atoms with van der Waals surface area (Å²) < 4.78 is 46.8. The molecule has 0 bridgehead atoms. The minimum atomic E-state index is -4.24. The van der Waals surface area contributed by atoms with Crippen molar-refractivity contribution in [2.24, 2.45) is 0 Å². The summed E-state index contributed by atoms with van der Waals surface area (Å²) in [6.07, 6.45) is 7.24. The van der Waals surface area contributed by atoms with Gasteiger partial charge in [-0.3, -0.25) is 13.7 Å². The maximum Gasteiger partial charge on any atom is 0.326 e. The SMILES string of the molecule is CCCCOC(=O)CN(c1ccc2c(ccn2-c2cnc(O[C@@H]3CCOC3)cn2)c1)S(=O)(=O)c1cc(Cl)cc(Cl)c1. The molecule has 3 heterocycles. The number of rotatable bonds is 11. The zero-order chi connectivity index (χ0) is 29.0. The third kappa shape index (κ3) is 6.75. The lowest BCUT2D eigenvalue weighted by Gasteiger charge is -2.24. The molecule has 216 valence electrons. The van der Waals surface area contributed by atoms with Gasteiger partial charge in [-0.25, -0.2) is 18.4 Å². The molecule has 1 aliphatic heterocycles. The molecule has 0 radical (unpaired) electrons. The standard InChI is InChI=1S/C28H28Cl2N4O6S/c1-2-3-9-39-28(35)17-34(41(36,37)24-13-20(29)12-21(30)14-24)22-4-5-25-19(11-22)6-8-33(25)26-15-32-27(16-31-26)40-23-7-10-38-18-23/h4-6,8,11-16,23H,2-3,7,9-10,17-18H2,1H3/t23-/m1/s1. The number of nitrogens with zero attached hydrogens (tertiary/aromatic N) is 4. The molecule has 1 atom stereocenters. The van der Waals surface area contributed by atoms with Crippen LogP contribution in [0, 0.1) is 0 Å². The van der Waals surface area contributed by atoms with Gasteiger partial charge in [0.2, 0.25) is 5.88 Å². The molecule has 0 spiro atoms. The van der Waals surface area contributed by atoms with E-state index in [1.165, 1.54) is 18.2 Å². The fraction of sp³-hybridized carbons (Fsp3) is 0.321.